The number of halogens is 2. The van der Waals surface area contributed by atoms with Crippen LogP contribution >= 0.6 is 0 Å². The number of hydrogen-bond donors (Lipinski definition) is 2. The zero-order chi connectivity index (χ0) is 19.8. The van der Waals surface area contributed by atoms with Gasteiger partial charge in [-0.15, -0.1) is 0 Å². The third-order valence-corrected chi connectivity index (χ3v) is 5.01. The molecule has 2 fully saturated rings. The summed E-state index contributed by atoms with van der Waals surface area (Å²) in [6.07, 6.45) is 3.35. The number of aromatic amines is 1. The normalized spacial score (nSPS) is 22.1. The number of nitrogens with one attached hydrogen (secondary N) is 2. The Kier molecular flexibility index (Phi) is 4.54. The molecule has 28 heavy (non-hydrogen) atoms. The summed E-state index contributed by atoms with van der Waals surface area (Å²) < 4.78 is 27.3. The van der Waals surface area contributed by atoms with Crippen LogP contribution in [0.4, 0.5) is 8.78 Å². The Morgan fingerprint density at radius 1 is 1.25 bits per heavy atom. The number of benzene rings is 1. The van der Waals surface area contributed by atoms with Crippen molar-refractivity contribution in [3.05, 3.63) is 53.6 Å². The lowest BCUT2D eigenvalue weighted by atomic mass is 10.0. The van der Waals surface area contributed by atoms with Crippen LogP contribution in [-0.2, 0) is 16.0 Å². The number of piperazine rings is 2. The minimum absolute atomic E-state index is 0.0802. The largest absolute Gasteiger partial charge is 0.348 e. The van der Waals surface area contributed by atoms with Gasteiger partial charge in [-0.3, -0.25) is 14.4 Å². The predicted molar refractivity (Wildman–Crippen MR) is 92.0 cm³/mol. The number of nitrogens with zero attached hydrogens (tertiary/aromatic N) is 3. The van der Waals surface area contributed by atoms with Crippen molar-refractivity contribution in [1.82, 2.24) is 25.1 Å². The second-order valence-corrected chi connectivity index (χ2v) is 6.76. The van der Waals surface area contributed by atoms with Gasteiger partial charge in [0.25, 0.3) is 5.91 Å². The van der Waals surface area contributed by atoms with Crippen LogP contribution in [0.2, 0.25) is 0 Å². The summed E-state index contributed by atoms with van der Waals surface area (Å²) in [5, 5.41) is 2.67. The maximum atomic E-state index is 13.9. The van der Waals surface area contributed by atoms with Gasteiger partial charge >= 0.3 is 0 Å². The maximum absolute atomic E-state index is 13.9. The Labute approximate surface area is 158 Å². The summed E-state index contributed by atoms with van der Waals surface area (Å²) in [7, 11) is 0. The van der Waals surface area contributed by atoms with Gasteiger partial charge in [-0.1, -0.05) is 0 Å². The number of carbonyl (C=O) groups excluding carboxylic acids is 3. The van der Waals surface area contributed by atoms with Crippen LogP contribution in [0.3, 0.4) is 0 Å². The van der Waals surface area contributed by atoms with E-state index in [0.717, 1.165) is 18.2 Å². The molecule has 8 nitrogen and oxygen atoms in total. The average Bonchev–Trinajstić information content (AvgIpc) is 3.20. The summed E-state index contributed by atoms with van der Waals surface area (Å²) >= 11 is 0. The zero-order valence-corrected chi connectivity index (χ0v) is 14.7. The average molecular weight is 389 g/mol. The highest BCUT2D eigenvalue weighted by Gasteiger charge is 2.44. The van der Waals surface area contributed by atoms with Crippen molar-refractivity contribution in [3.8, 4) is 0 Å². The molecule has 2 N–H and O–H groups in total. The highest BCUT2D eigenvalue weighted by Crippen LogP contribution is 2.20. The van der Waals surface area contributed by atoms with Gasteiger partial charge in [0.2, 0.25) is 11.8 Å². The number of fused-ring (bicyclic) bond motifs is 1. The number of hydrogen-bond acceptors (Lipinski definition) is 4. The molecule has 0 aliphatic carbocycles. The SMILES string of the molecule is O=C1N[C@@H](Cc2cnc[nH]2)C(=O)N2CCN(C(=O)c3cc(F)ccc3F)C[C@H]12. The molecule has 1 aromatic heterocycles. The summed E-state index contributed by atoms with van der Waals surface area (Å²) in [6, 6.07) is 1.07. The van der Waals surface area contributed by atoms with Crippen LogP contribution in [0.1, 0.15) is 16.1 Å². The van der Waals surface area contributed by atoms with Crippen molar-refractivity contribution in [3.63, 3.8) is 0 Å². The van der Waals surface area contributed by atoms with Crippen LogP contribution in [0.15, 0.2) is 30.7 Å². The first-order valence-corrected chi connectivity index (χ1v) is 8.76. The molecule has 1 aromatic carbocycles. The first-order valence-electron chi connectivity index (χ1n) is 8.76. The molecule has 0 unspecified atom stereocenters. The number of aromatic nitrogens is 2. The zero-order valence-electron chi connectivity index (χ0n) is 14.7. The Balaban J connectivity index is 1.49. The van der Waals surface area contributed by atoms with E-state index in [-0.39, 0.29) is 37.9 Å². The third-order valence-electron chi connectivity index (χ3n) is 5.01. The van der Waals surface area contributed by atoms with Gasteiger partial charge in [-0.25, -0.2) is 13.8 Å². The molecule has 2 aliphatic rings. The van der Waals surface area contributed by atoms with Crippen molar-refractivity contribution in [1.29, 1.82) is 0 Å². The molecular formula is C18H17F2N5O3. The lowest BCUT2D eigenvalue weighted by molar-refractivity contribution is -0.152. The summed E-state index contributed by atoms with van der Waals surface area (Å²) in [5.41, 5.74) is 0.320. The number of amides is 3. The molecule has 0 bridgehead atoms. The number of imidazole rings is 1. The predicted octanol–water partition coefficient (Wildman–Crippen LogP) is 0.0820. The molecule has 2 aromatic rings. The first kappa shape index (κ1) is 18.1. The molecule has 3 amide bonds. The van der Waals surface area contributed by atoms with E-state index in [9.17, 15) is 23.2 Å². The smallest absolute Gasteiger partial charge is 0.257 e. The minimum Gasteiger partial charge on any atom is -0.348 e. The van der Waals surface area contributed by atoms with E-state index >= 15 is 0 Å². The quantitative estimate of drug-likeness (QED) is 0.777. The molecule has 3 heterocycles. The van der Waals surface area contributed by atoms with Crippen molar-refractivity contribution < 1.29 is 23.2 Å². The molecule has 146 valence electrons. The Morgan fingerprint density at radius 3 is 2.82 bits per heavy atom. The van der Waals surface area contributed by atoms with Crippen LogP contribution in [0, 0.1) is 11.6 Å². The molecule has 2 atom stereocenters. The summed E-state index contributed by atoms with van der Waals surface area (Å²) in [4.78, 5) is 47.3. The van der Waals surface area contributed by atoms with Gasteiger partial charge < -0.3 is 20.1 Å². The highest BCUT2D eigenvalue weighted by molar-refractivity contribution is 5.99. The minimum atomic E-state index is -0.861. The van der Waals surface area contributed by atoms with E-state index in [0.29, 0.717) is 5.69 Å². The van der Waals surface area contributed by atoms with E-state index in [4.69, 9.17) is 0 Å². The Hall–Kier alpha value is -3.30. The van der Waals surface area contributed by atoms with Crippen LogP contribution in [0.25, 0.3) is 0 Å². The van der Waals surface area contributed by atoms with E-state index < -0.39 is 35.2 Å². The van der Waals surface area contributed by atoms with Crippen LogP contribution < -0.4 is 5.32 Å². The van der Waals surface area contributed by atoms with Gasteiger partial charge in [-0.05, 0) is 18.2 Å². The summed E-state index contributed by atoms with van der Waals surface area (Å²) in [5.74, 6) is -2.91. The standard InChI is InChI=1S/C18H17F2N5O3/c19-10-1-2-13(20)12(5-10)17(27)24-3-4-25-15(8-24)16(26)23-14(18(25)28)6-11-7-21-9-22-11/h1-2,5,7,9,14-15H,3-4,6,8H2,(H,21,22)(H,23,26)/t14-,15+/m0/s1. The fourth-order valence-corrected chi connectivity index (χ4v) is 3.57. The second-order valence-electron chi connectivity index (χ2n) is 6.76. The van der Waals surface area contributed by atoms with E-state index in [1.165, 1.54) is 16.1 Å². The lowest BCUT2D eigenvalue weighted by Gasteiger charge is -2.45. The highest BCUT2D eigenvalue weighted by atomic mass is 19.1. The summed E-state index contributed by atoms with van der Waals surface area (Å²) in [6.45, 7) is 0.184. The van der Waals surface area contributed by atoms with Gasteiger partial charge in [0.05, 0.1) is 18.4 Å². The monoisotopic (exact) mass is 389 g/mol. The van der Waals surface area contributed by atoms with E-state index in [1.54, 1.807) is 6.20 Å². The number of rotatable bonds is 3. The van der Waals surface area contributed by atoms with Crippen LogP contribution in [0.5, 0.6) is 0 Å². The Morgan fingerprint density at radius 2 is 2.07 bits per heavy atom. The topological polar surface area (TPSA) is 98.4 Å². The molecule has 0 radical (unpaired) electrons. The van der Waals surface area contributed by atoms with Gasteiger partial charge in [0.15, 0.2) is 0 Å². The van der Waals surface area contributed by atoms with Crippen molar-refractivity contribution in [2.45, 2.75) is 18.5 Å². The number of H-pyrrole nitrogens is 1. The number of carbonyl (C=O) groups is 3. The molecule has 2 aliphatic heterocycles. The van der Waals surface area contributed by atoms with Crippen LogP contribution in [-0.4, -0.2) is 69.2 Å². The Bertz CT molecular complexity index is 933. The van der Waals surface area contributed by atoms with Crippen molar-refractivity contribution in [2.24, 2.45) is 0 Å². The van der Waals surface area contributed by atoms with Crippen molar-refractivity contribution in [2.75, 3.05) is 19.6 Å². The first-order chi connectivity index (χ1) is 13.4. The maximum Gasteiger partial charge on any atom is 0.257 e. The molecular weight excluding hydrogens is 372 g/mol. The molecule has 2 saturated heterocycles. The molecule has 4 rings (SSSR count). The van der Waals surface area contributed by atoms with E-state index in [1.807, 2.05) is 0 Å². The van der Waals surface area contributed by atoms with Gasteiger partial charge in [0.1, 0.15) is 23.7 Å². The third kappa shape index (κ3) is 3.21. The fraction of sp³-hybridized carbons (Fsp3) is 0.333. The van der Waals surface area contributed by atoms with Crippen molar-refractivity contribution >= 4 is 17.7 Å². The molecule has 0 spiro atoms. The lowest BCUT2D eigenvalue weighted by Crippen LogP contribution is -2.70. The second kappa shape index (κ2) is 7.02. The van der Waals surface area contributed by atoms with Gasteiger partial charge in [-0.2, -0.15) is 0 Å². The molecule has 10 heteroatoms. The van der Waals surface area contributed by atoms with Gasteiger partial charge in [0, 0.05) is 31.4 Å². The molecule has 0 saturated carbocycles. The van der Waals surface area contributed by atoms with E-state index in [2.05, 4.69) is 15.3 Å². The fourth-order valence-electron chi connectivity index (χ4n) is 3.57.